The first-order chi connectivity index (χ1) is 6.07. The second-order valence-corrected chi connectivity index (χ2v) is 4.13. The molecular formula is C8H7Br2F2N. The lowest BCUT2D eigenvalue weighted by molar-refractivity contribution is 0.574. The van der Waals surface area contributed by atoms with E-state index in [-0.39, 0.29) is 21.1 Å². The Bertz CT molecular complexity index is 328. The fraction of sp³-hybridized carbons (Fsp3) is 0.250. The smallest absolute Gasteiger partial charge is 0.152 e. The zero-order valence-corrected chi connectivity index (χ0v) is 9.75. The molecule has 0 amide bonds. The van der Waals surface area contributed by atoms with E-state index in [2.05, 4.69) is 31.9 Å². The quantitative estimate of drug-likeness (QED) is 0.659. The second kappa shape index (κ2) is 4.48. The second-order valence-electron chi connectivity index (χ2n) is 2.49. The molecule has 1 aromatic carbocycles. The summed E-state index contributed by atoms with van der Waals surface area (Å²) in [5.41, 5.74) is 5.55. The molecular weight excluding hydrogens is 308 g/mol. The van der Waals surface area contributed by atoms with Crippen molar-refractivity contribution in [1.29, 1.82) is 0 Å². The minimum Gasteiger partial charge on any atom is -0.330 e. The van der Waals surface area contributed by atoms with E-state index in [0.717, 1.165) is 6.07 Å². The van der Waals surface area contributed by atoms with Gasteiger partial charge in [-0.1, -0.05) is 0 Å². The van der Waals surface area contributed by atoms with E-state index in [0.29, 0.717) is 6.42 Å². The molecule has 0 unspecified atom stereocenters. The van der Waals surface area contributed by atoms with Crippen molar-refractivity contribution in [1.82, 2.24) is 0 Å². The van der Waals surface area contributed by atoms with Gasteiger partial charge in [0.15, 0.2) is 5.82 Å². The summed E-state index contributed by atoms with van der Waals surface area (Å²) in [5.74, 6) is -0.949. The van der Waals surface area contributed by atoms with Gasteiger partial charge >= 0.3 is 0 Å². The minimum atomic E-state index is -0.496. The highest BCUT2D eigenvalue weighted by Gasteiger charge is 2.14. The van der Waals surface area contributed by atoms with Crippen molar-refractivity contribution in [3.8, 4) is 0 Å². The standard InChI is InChI=1S/C8H7Br2F2N/c9-5-3-6(11)4(1-2-13)7(10)8(5)12/h3H,1-2,13H2. The molecule has 72 valence electrons. The van der Waals surface area contributed by atoms with Gasteiger partial charge in [-0.15, -0.1) is 0 Å². The Morgan fingerprint density at radius 1 is 1.31 bits per heavy atom. The van der Waals surface area contributed by atoms with Gasteiger partial charge in [-0.05, 0) is 50.9 Å². The van der Waals surface area contributed by atoms with Crippen LogP contribution in [0.25, 0.3) is 0 Å². The molecule has 1 aromatic rings. The maximum Gasteiger partial charge on any atom is 0.152 e. The maximum atomic E-state index is 13.2. The van der Waals surface area contributed by atoms with Crippen LogP contribution in [0.5, 0.6) is 0 Å². The lowest BCUT2D eigenvalue weighted by atomic mass is 10.1. The predicted octanol–water partition coefficient (Wildman–Crippen LogP) is 2.99. The van der Waals surface area contributed by atoms with Gasteiger partial charge < -0.3 is 5.73 Å². The highest BCUT2D eigenvalue weighted by atomic mass is 79.9. The zero-order chi connectivity index (χ0) is 10.0. The number of hydrogen-bond donors (Lipinski definition) is 1. The van der Waals surface area contributed by atoms with Crippen LogP contribution in [0.15, 0.2) is 15.0 Å². The zero-order valence-electron chi connectivity index (χ0n) is 6.58. The first-order valence-electron chi connectivity index (χ1n) is 3.60. The lowest BCUT2D eigenvalue weighted by Crippen LogP contribution is -2.06. The van der Waals surface area contributed by atoms with Gasteiger partial charge in [0.2, 0.25) is 0 Å². The summed E-state index contributed by atoms with van der Waals surface area (Å²) in [5, 5.41) is 0. The Morgan fingerprint density at radius 2 is 1.92 bits per heavy atom. The van der Waals surface area contributed by atoms with Crippen molar-refractivity contribution < 1.29 is 8.78 Å². The minimum absolute atomic E-state index is 0.109. The average Bonchev–Trinajstić information content (AvgIpc) is 2.09. The molecule has 0 aliphatic heterocycles. The number of halogens is 4. The monoisotopic (exact) mass is 313 g/mol. The normalized spacial score (nSPS) is 10.5. The van der Waals surface area contributed by atoms with E-state index in [1.165, 1.54) is 0 Å². The van der Waals surface area contributed by atoms with Crippen molar-refractivity contribution in [3.63, 3.8) is 0 Å². The van der Waals surface area contributed by atoms with E-state index < -0.39 is 11.6 Å². The molecule has 0 spiro atoms. The van der Waals surface area contributed by atoms with Crippen molar-refractivity contribution in [2.75, 3.05) is 6.54 Å². The molecule has 5 heteroatoms. The third-order valence-corrected chi connectivity index (χ3v) is 3.01. The van der Waals surface area contributed by atoms with Crippen molar-refractivity contribution in [2.45, 2.75) is 6.42 Å². The summed E-state index contributed by atoms with van der Waals surface area (Å²) in [6.07, 6.45) is 0.316. The van der Waals surface area contributed by atoms with Crippen LogP contribution in [-0.2, 0) is 6.42 Å². The number of rotatable bonds is 2. The third-order valence-electron chi connectivity index (χ3n) is 1.60. The maximum absolute atomic E-state index is 13.2. The molecule has 0 fully saturated rings. The lowest BCUT2D eigenvalue weighted by Gasteiger charge is -2.06. The highest BCUT2D eigenvalue weighted by Crippen LogP contribution is 2.29. The Kier molecular flexibility index (Phi) is 3.82. The van der Waals surface area contributed by atoms with Crippen LogP contribution in [0.4, 0.5) is 8.78 Å². The van der Waals surface area contributed by atoms with E-state index in [4.69, 9.17) is 5.73 Å². The number of hydrogen-bond acceptors (Lipinski definition) is 1. The first kappa shape index (κ1) is 11.1. The van der Waals surface area contributed by atoms with Crippen LogP contribution < -0.4 is 5.73 Å². The SMILES string of the molecule is NCCc1c(F)cc(Br)c(F)c1Br. The van der Waals surface area contributed by atoms with Gasteiger partial charge in [0.25, 0.3) is 0 Å². The molecule has 0 aliphatic carbocycles. The molecule has 0 heterocycles. The fourth-order valence-corrected chi connectivity index (χ4v) is 2.24. The third kappa shape index (κ3) is 2.27. The van der Waals surface area contributed by atoms with Crippen LogP contribution >= 0.6 is 31.9 Å². The summed E-state index contributed by atoms with van der Waals surface area (Å²) in [6.45, 7) is 0.288. The Labute approximate surface area is 91.6 Å². The van der Waals surface area contributed by atoms with Gasteiger partial charge in [-0.3, -0.25) is 0 Å². The van der Waals surface area contributed by atoms with Crippen LogP contribution in [0.2, 0.25) is 0 Å². The predicted molar refractivity (Wildman–Crippen MR) is 54.5 cm³/mol. The van der Waals surface area contributed by atoms with Crippen LogP contribution in [0.3, 0.4) is 0 Å². The molecule has 1 rings (SSSR count). The molecule has 0 bridgehead atoms. The van der Waals surface area contributed by atoms with Crippen LogP contribution in [0.1, 0.15) is 5.56 Å². The van der Waals surface area contributed by atoms with Gasteiger partial charge in [-0.2, -0.15) is 0 Å². The molecule has 0 aliphatic rings. The molecule has 13 heavy (non-hydrogen) atoms. The van der Waals surface area contributed by atoms with Gasteiger partial charge in [0.1, 0.15) is 5.82 Å². The summed E-state index contributed by atoms with van der Waals surface area (Å²) >= 11 is 5.89. The average molecular weight is 315 g/mol. The van der Waals surface area contributed by atoms with Crippen molar-refractivity contribution in [3.05, 3.63) is 32.2 Å². The Balaban J connectivity index is 3.26. The van der Waals surface area contributed by atoms with E-state index in [9.17, 15) is 8.78 Å². The molecule has 0 atom stereocenters. The van der Waals surface area contributed by atoms with Crippen LogP contribution in [-0.4, -0.2) is 6.54 Å². The molecule has 0 radical (unpaired) electrons. The van der Waals surface area contributed by atoms with Crippen molar-refractivity contribution in [2.24, 2.45) is 5.73 Å². The Hall–Kier alpha value is -0.0000000000000000555. The highest BCUT2D eigenvalue weighted by molar-refractivity contribution is 9.11. The van der Waals surface area contributed by atoms with E-state index >= 15 is 0 Å². The van der Waals surface area contributed by atoms with E-state index in [1.54, 1.807) is 0 Å². The van der Waals surface area contributed by atoms with Crippen LogP contribution in [0, 0.1) is 11.6 Å². The fourth-order valence-electron chi connectivity index (χ4n) is 0.977. The van der Waals surface area contributed by atoms with Gasteiger partial charge in [-0.25, -0.2) is 8.78 Å². The van der Waals surface area contributed by atoms with Gasteiger partial charge in [0.05, 0.1) is 8.95 Å². The number of nitrogens with two attached hydrogens (primary N) is 1. The van der Waals surface area contributed by atoms with E-state index in [1.807, 2.05) is 0 Å². The van der Waals surface area contributed by atoms with Gasteiger partial charge in [0, 0.05) is 5.56 Å². The summed E-state index contributed by atoms with van der Waals surface area (Å²) < 4.78 is 26.6. The molecule has 2 N–H and O–H groups in total. The summed E-state index contributed by atoms with van der Waals surface area (Å²) in [7, 11) is 0. The molecule has 0 saturated carbocycles. The topological polar surface area (TPSA) is 26.0 Å². The summed E-state index contributed by atoms with van der Waals surface area (Å²) in [4.78, 5) is 0. The molecule has 1 nitrogen and oxygen atoms in total. The largest absolute Gasteiger partial charge is 0.330 e. The Morgan fingerprint density at radius 3 is 2.46 bits per heavy atom. The number of benzene rings is 1. The van der Waals surface area contributed by atoms with Crippen molar-refractivity contribution >= 4 is 31.9 Å². The molecule has 0 aromatic heterocycles. The summed E-state index contributed by atoms with van der Waals surface area (Å²) in [6, 6.07) is 1.10. The first-order valence-corrected chi connectivity index (χ1v) is 5.18. The molecule has 0 saturated heterocycles.